The van der Waals surface area contributed by atoms with Crippen molar-refractivity contribution >= 4 is 22.1 Å². The Morgan fingerprint density at radius 3 is 2.14 bits per heavy atom. The van der Waals surface area contributed by atoms with E-state index in [9.17, 15) is 18.0 Å². The predicted octanol–water partition coefficient (Wildman–Crippen LogP) is 1.85. The van der Waals surface area contributed by atoms with Crippen LogP contribution in [0.3, 0.4) is 0 Å². The predicted molar refractivity (Wildman–Crippen MR) is 74.6 cm³/mol. The summed E-state index contributed by atoms with van der Waals surface area (Å²) in [5.74, 6) is -2.27. The zero-order valence-electron chi connectivity index (χ0n) is 11.0. The molecular formula is C14H10O7S. The molecule has 0 saturated carbocycles. The van der Waals surface area contributed by atoms with E-state index < -0.39 is 32.5 Å². The van der Waals surface area contributed by atoms with E-state index in [1.54, 1.807) is 18.2 Å². The van der Waals surface area contributed by atoms with Crippen molar-refractivity contribution in [2.75, 3.05) is 0 Å². The summed E-state index contributed by atoms with van der Waals surface area (Å²) in [5.41, 5.74) is -0.917. The maximum atomic E-state index is 12.0. The molecule has 2 rings (SSSR count). The maximum Gasteiger partial charge on any atom is 0.344 e. The second-order valence-corrected chi connectivity index (χ2v) is 5.61. The van der Waals surface area contributed by atoms with Gasteiger partial charge in [-0.1, -0.05) is 18.2 Å². The van der Waals surface area contributed by atoms with Gasteiger partial charge in [0.2, 0.25) is 0 Å². The van der Waals surface area contributed by atoms with Crippen LogP contribution in [0.5, 0.6) is 5.75 Å². The largest absolute Gasteiger partial charge is 0.478 e. The van der Waals surface area contributed by atoms with E-state index in [4.69, 9.17) is 14.4 Å². The van der Waals surface area contributed by atoms with E-state index in [1.165, 1.54) is 12.1 Å². The van der Waals surface area contributed by atoms with Gasteiger partial charge in [0.05, 0.1) is 16.0 Å². The molecule has 0 aliphatic carbocycles. The van der Waals surface area contributed by atoms with E-state index in [1.807, 2.05) is 0 Å². The third-order valence-electron chi connectivity index (χ3n) is 2.69. The molecule has 7 nitrogen and oxygen atoms in total. The third kappa shape index (κ3) is 3.48. The maximum absolute atomic E-state index is 12.0. The van der Waals surface area contributed by atoms with Crippen LogP contribution in [0.25, 0.3) is 0 Å². The molecule has 0 aliphatic heterocycles. The molecule has 0 heterocycles. The van der Waals surface area contributed by atoms with Gasteiger partial charge in [-0.2, -0.15) is 8.42 Å². The van der Waals surface area contributed by atoms with Gasteiger partial charge in [0.1, 0.15) is 5.75 Å². The monoisotopic (exact) mass is 322 g/mol. The molecule has 0 amide bonds. The Hall–Kier alpha value is -2.71. The van der Waals surface area contributed by atoms with Crippen molar-refractivity contribution in [1.29, 1.82) is 0 Å². The van der Waals surface area contributed by atoms with Crippen molar-refractivity contribution < 1.29 is 32.4 Å². The van der Waals surface area contributed by atoms with E-state index >= 15 is 0 Å². The minimum atomic E-state index is -4.58. The van der Waals surface area contributed by atoms with Gasteiger partial charge in [-0.15, -0.1) is 0 Å². The number of carboxylic acid groups (broad SMARTS) is 1. The highest BCUT2D eigenvalue weighted by Gasteiger charge is 2.22. The Balaban J connectivity index is 2.42. The van der Waals surface area contributed by atoms with E-state index in [2.05, 4.69) is 0 Å². The SMILES string of the molecule is O=C(O)c1cc(S(=O)(=O)O)ccc1C(=O)Oc1ccccc1. The number of carbonyl (C=O) groups is 2. The van der Waals surface area contributed by atoms with Crippen molar-refractivity contribution in [3.8, 4) is 5.75 Å². The number of ether oxygens (including phenoxy) is 1. The average molecular weight is 322 g/mol. The minimum absolute atomic E-state index is 0.211. The second kappa shape index (κ2) is 5.96. The molecule has 2 N–H and O–H groups in total. The molecule has 2 aromatic carbocycles. The molecule has 0 bridgehead atoms. The van der Waals surface area contributed by atoms with Crippen LogP contribution in [0.15, 0.2) is 53.4 Å². The zero-order chi connectivity index (χ0) is 16.3. The van der Waals surface area contributed by atoms with Gasteiger partial charge in [-0.05, 0) is 30.3 Å². The van der Waals surface area contributed by atoms with Gasteiger partial charge in [0, 0.05) is 0 Å². The lowest BCUT2D eigenvalue weighted by Crippen LogP contribution is -2.15. The zero-order valence-corrected chi connectivity index (χ0v) is 11.8. The molecule has 0 unspecified atom stereocenters. The molecular weight excluding hydrogens is 312 g/mol. The highest BCUT2D eigenvalue weighted by molar-refractivity contribution is 7.85. The Labute approximate surface area is 125 Å². The smallest absolute Gasteiger partial charge is 0.344 e. The molecule has 0 aliphatic rings. The highest BCUT2D eigenvalue weighted by atomic mass is 32.2. The second-order valence-electron chi connectivity index (χ2n) is 4.19. The van der Waals surface area contributed by atoms with Crippen LogP contribution in [-0.4, -0.2) is 30.0 Å². The first-order chi connectivity index (χ1) is 10.3. The van der Waals surface area contributed by atoms with Gasteiger partial charge >= 0.3 is 11.9 Å². The van der Waals surface area contributed by atoms with Crippen LogP contribution >= 0.6 is 0 Å². The Kier molecular flexibility index (Phi) is 4.25. The third-order valence-corrected chi connectivity index (χ3v) is 3.54. The Morgan fingerprint density at radius 2 is 1.59 bits per heavy atom. The first-order valence-corrected chi connectivity index (χ1v) is 7.35. The van der Waals surface area contributed by atoms with Gasteiger partial charge in [-0.3, -0.25) is 4.55 Å². The Bertz CT molecular complexity index is 826. The lowest BCUT2D eigenvalue weighted by Gasteiger charge is -2.08. The highest BCUT2D eigenvalue weighted by Crippen LogP contribution is 2.19. The minimum Gasteiger partial charge on any atom is -0.478 e. The normalized spacial score (nSPS) is 11.0. The van der Waals surface area contributed by atoms with Crippen LogP contribution in [0.4, 0.5) is 0 Å². The number of benzene rings is 2. The number of para-hydroxylation sites is 1. The van der Waals surface area contributed by atoms with E-state index in [-0.39, 0.29) is 11.3 Å². The summed E-state index contributed by atoms with van der Waals surface area (Å²) in [6.07, 6.45) is 0. The summed E-state index contributed by atoms with van der Waals surface area (Å²) in [5, 5.41) is 9.09. The molecule has 0 radical (unpaired) electrons. The Morgan fingerprint density at radius 1 is 0.955 bits per heavy atom. The number of hydrogen-bond acceptors (Lipinski definition) is 5. The van der Waals surface area contributed by atoms with Crippen molar-refractivity contribution in [1.82, 2.24) is 0 Å². The fraction of sp³-hybridized carbons (Fsp3) is 0. The van der Waals surface area contributed by atoms with Crippen LogP contribution in [0, 0.1) is 0 Å². The lowest BCUT2D eigenvalue weighted by molar-refractivity contribution is 0.0667. The fourth-order valence-electron chi connectivity index (χ4n) is 1.69. The molecule has 0 atom stereocenters. The lowest BCUT2D eigenvalue weighted by atomic mass is 10.1. The summed E-state index contributed by atoms with van der Waals surface area (Å²) < 4.78 is 36.0. The van der Waals surface area contributed by atoms with Crippen molar-refractivity contribution in [3.05, 3.63) is 59.7 Å². The van der Waals surface area contributed by atoms with Crippen molar-refractivity contribution in [3.63, 3.8) is 0 Å². The quantitative estimate of drug-likeness (QED) is 0.501. The number of rotatable bonds is 4. The number of carbonyl (C=O) groups excluding carboxylic acids is 1. The van der Waals surface area contributed by atoms with Crippen molar-refractivity contribution in [2.24, 2.45) is 0 Å². The average Bonchev–Trinajstić information content (AvgIpc) is 2.46. The van der Waals surface area contributed by atoms with Gasteiger partial charge in [-0.25, -0.2) is 9.59 Å². The van der Waals surface area contributed by atoms with Gasteiger partial charge in [0.25, 0.3) is 10.1 Å². The van der Waals surface area contributed by atoms with Crippen LogP contribution in [0.1, 0.15) is 20.7 Å². The summed E-state index contributed by atoms with van der Waals surface area (Å²) in [4.78, 5) is 22.6. The summed E-state index contributed by atoms with van der Waals surface area (Å²) in [6, 6.07) is 10.6. The first-order valence-electron chi connectivity index (χ1n) is 5.91. The number of aromatic carboxylic acids is 1. The molecule has 0 aromatic heterocycles. The van der Waals surface area contributed by atoms with Crippen LogP contribution < -0.4 is 4.74 Å². The summed E-state index contributed by atoms with van der Waals surface area (Å²) in [6.45, 7) is 0. The number of esters is 1. The number of hydrogen-bond donors (Lipinski definition) is 2. The van der Waals surface area contributed by atoms with Gasteiger partial charge < -0.3 is 9.84 Å². The van der Waals surface area contributed by atoms with Crippen LogP contribution in [0.2, 0.25) is 0 Å². The van der Waals surface area contributed by atoms with Crippen LogP contribution in [-0.2, 0) is 10.1 Å². The topological polar surface area (TPSA) is 118 Å². The fourth-order valence-corrected chi connectivity index (χ4v) is 2.20. The van der Waals surface area contributed by atoms with Gasteiger partial charge in [0.15, 0.2) is 0 Å². The molecule has 0 spiro atoms. The summed E-state index contributed by atoms with van der Waals surface area (Å²) in [7, 11) is -4.58. The molecule has 22 heavy (non-hydrogen) atoms. The molecule has 0 fully saturated rings. The van der Waals surface area contributed by atoms with E-state index in [0.717, 1.165) is 12.1 Å². The standard InChI is InChI=1S/C14H10O7S/c15-13(16)12-8-10(22(18,19)20)6-7-11(12)14(17)21-9-4-2-1-3-5-9/h1-8H,(H,15,16)(H,18,19,20). The summed E-state index contributed by atoms with van der Waals surface area (Å²) >= 11 is 0. The van der Waals surface area contributed by atoms with E-state index in [0.29, 0.717) is 6.07 Å². The molecule has 0 saturated heterocycles. The first kappa shape index (κ1) is 15.7. The van der Waals surface area contributed by atoms with Crippen molar-refractivity contribution in [2.45, 2.75) is 4.90 Å². The number of carboxylic acids is 1. The molecule has 8 heteroatoms. The molecule has 114 valence electrons. The molecule has 2 aromatic rings.